The summed E-state index contributed by atoms with van der Waals surface area (Å²) in [4.78, 5) is 0. The number of hydrogen-bond donors (Lipinski definition) is 0. The van der Waals surface area contributed by atoms with Gasteiger partial charge in [-0.2, -0.15) is 0 Å². The Morgan fingerprint density at radius 3 is 2.47 bits per heavy atom. The zero-order chi connectivity index (χ0) is 10.7. The fourth-order valence-corrected chi connectivity index (χ4v) is 1.42. The van der Waals surface area contributed by atoms with Crippen molar-refractivity contribution in [3.05, 3.63) is 29.8 Å². The van der Waals surface area contributed by atoms with Crippen LogP contribution in [0.5, 0.6) is 5.75 Å². The van der Waals surface area contributed by atoms with E-state index in [1.807, 2.05) is 12.1 Å². The van der Waals surface area contributed by atoms with E-state index in [4.69, 9.17) is 14.2 Å². The summed E-state index contributed by atoms with van der Waals surface area (Å²) in [7, 11) is 1.66. The molecule has 3 heteroatoms. The van der Waals surface area contributed by atoms with Crippen LogP contribution in [0.1, 0.15) is 12.5 Å². The Morgan fingerprint density at radius 1 is 1.27 bits per heavy atom. The molecule has 0 N–H and O–H groups in total. The number of ether oxygens (including phenoxy) is 3. The van der Waals surface area contributed by atoms with Gasteiger partial charge in [-0.15, -0.1) is 0 Å². The summed E-state index contributed by atoms with van der Waals surface area (Å²) in [5.74, 6) is 0.875. The van der Waals surface area contributed by atoms with Crippen molar-refractivity contribution in [2.75, 3.05) is 26.9 Å². The standard InChI is InChI=1S/C12H16O3/c1-12(9-15-12)10-3-5-11(6-4-10)14-8-7-13-2/h3-6H,7-9H2,1-2H3. The monoisotopic (exact) mass is 208 g/mol. The summed E-state index contributed by atoms with van der Waals surface area (Å²) in [6.45, 7) is 4.11. The van der Waals surface area contributed by atoms with Crippen molar-refractivity contribution in [2.45, 2.75) is 12.5 Å². The number of hydrogen-bond acceptors (Lipinski definition) is 3. The predicted octanol–water partition coefficient (Wildman–Crippen LogP) is 1.96. The summed E-state index contributed by atoms with van der Waals surface area (Å²) >= 11 is 0. The number of benzene rings is 1. The first-order chi connectivity index (χ1) is 7.24. The smallest absolute Gasteiger partial charge is 0.119 e. The Morgan fingerprint density at radius 2 is 1.93 bits per heavy atom. The zero-order valence-corrected chi connectivity index (χ0v) is 9.16. The minimum Gasteiger partial charge on any atom is -0.491 e. The molecule has 1 fully saturated rings. The Bertz CT molecular complexity index is 314. The largest absolute Gasteiger partial charge is 0.491 e. The highest BCUT2D eigenvalue weighted by molar-refractivity contribution is 5.32. The van der Waals surface area contributed by atoms with Crippen LogP contribution >= 0.6 is 0 Å². The lowest BCUT2D eigenvalue weighted by Crippen LogP contribution is -2.05. The first kappa shape index (κ1) is 10.5. The Hall–Kier alpha value is -1.06. The maximum absolute atomic E-state index is 5.47. The van der Waals surface area contributed by atoms with E-state index in [0.717, 1.165) is 12.4 Å². The van der Waals surface area contributed by atoms with Crippen LogP contribution in [-0.2, 0) is 15.1 Å². The topological polar surface area (TPSA) is 31.0 Å². The van der Waals surface area contributed by atoms with Gasteiger partial charge in [-0.1, -0.05) is 12.1 Å². The van der Waals surface area contributed by atoms with Crippen LogP contribution in [0.15, 0.2) is 24.3 Å². The molecule has 82 valence electrons. The van der Waals surface area contributed by atoms with Gasteiger partial charge in [0.05, 0.1) is 13.2 Å². The van der Waals surface area contributed by atoms with E-state index >= 15 is 0 Å². The second-order valence-corrected chi connectivity index (χ2v) is 3.89. The van der Waals surface area contributed by atoms with Gasteiger partial charge in [-0.3, -0.25) is 0 Å². The molecule has 0 aromatic heterocycles. The van der Waals surface area contributed by atoms with Crippen molar-refractivity contribution in [2.24, 2.45) is 0 Å². The SMILES string of the molecule is COCCOc1ccc(C2(C)CO2)cc1. The average molecular weight is 208 g/mol. The molecule has 1 atom stereocenters. The maximum Gasteiger partial charge on any atom is 0.119 e. The summed E-state index contributed by atoms with van der Waals surface area (Å²) in [5.41, 5.74) is 1.16. The summed E-state index contributed by atoms with van der Waals surface area (Å²) < 4.78 is 15.7. The first-order valence-electron chi connectivity index (χ1n) is 5.11. The third-order valence-corrected chi connectivity index (χ3v) is 2.60. The van der Waals surface area contributed by atoms with E-state index < -0.39 is 0 Å². The third-order valence-electron chi connectivity index (χ3n) is 2.60. The molecule has 1 aliphatic rings. The minimum atomic E-state index is -0.0505. The van der Waals surface area contributed by atoms with Crippen molar-refractivity contribution in [3.8, 4) is 5.75 Å². The summed E-state index contributed by atoms with van der Waals surface area (Å²) in [6.07, 6.45) is 0. The first-order valence-corrected chi connectivity index (χ1v) is 5.11. The fraction of sp³-hybridized carbons (Fsp3) is 0.500. The van der Waals surface area contributed by atoms with Gasteiger partial charge in [-0.25, -0.2) is 0 Å². The van der Waals surface area contributed by atoms with Crippen LogP contribution in [0.4, 0.5) is 0 Å². The fourth-order valence-electron chi connectivity index (χ4n) is 1.42. The van der Waals surface area contributed by atoms with Gasteiger partial charge in [-0.05, 0) is 24.6 Å². The van der Waals surface area contributed by atoms with Gasteiger partial charge in [0.25, 0.3) is 0 Å². The van der Waals surface area contributed by atoms with Crippen LogP contribution in [-0.4, -0.2) is 26.9 Å². The van der Waals surface area contributed by atoms with Gasteiger partial charge in [0.15, 0.2) is 0 Å². The van der Waals surface area contributed by atoms with Gasteiger partial charge in [0, 0.05) is 7.11 Å². The van der Waals surface area contributed by atoms with Gasteiger partial charge >= 0.3 is 0 Å². The molecule has 15 heavy (non-hydrogen) atoms. The highest BCUT2D eigenvalue weighted by Gasteiger charge is 2.40. The highest BCUT2D eigenvalue weighted by atomic mass is 16.6. The lowest BCUT2D eigenvalue weighted by atomic mass is 10.0. The molecule has 1 aliphatic heterocycles. The molecule has 1 heterocycles. The Balaban J connectivity index is 1.92. The van der Waals surface area contributed by atoms with Crippen molar-refractivity contribution in [1.82, 2.24) is 0 Å². The molecule has 0 bridgehead atoms. The van der Waals surface area contributed by atoms with E-state index in [-0.39, 0.29) is 5.60 Å². The second-order valence-electron chi connectivity index (χ2n) is 3.89. The zero-order valence-electron chi connectivity index (χ0n) is 9.16. The molecule has 3 nitrogen and oxygen atoms in total. The molecule has 1 saturated heterocycles. The second kappa shape index (κ2) is 4.21. The van der Waals surface area contributed by atoms with Crippen LogP contribution in [0.2, 0.25) is 0 Å². The number of epoxide rings is 1. The van der Waals surface area contributed by atoms with E-state index in [2.05, 4.69) is 19.1 Å². The number of methoxy groups -OCH3 is 1. The van der Waals surface area contributed by atoms with E-state index in [1.54, 1.807) is 7.11 Å². The van der Waals surface area contributed by atoms with Gasteiger partial charge < -0.3 is 14.2 Å². The van der Waals surface area contributed by atoms with Crippen LogP contribution in [0.25, 0.3) is 0 Å². The molecule has 0 saturated carbocycles. The molecule has 1 unspecified atom stereocenters. The predicted molar refractivity (Wildman–Crippen MR) is 57.1 cm³/mol. The molecule has 1 aromatic rings. The van der Waals surface area contributed by atoms with E-state index in [0.29, 0.717) is 13.2 Å². The average Bonchev–Trinajstić information content (AvgIpc) is 2.99. The van der Waals surface area contributed by atoms with Crippen molar-refractivity contribution in [1.29, 1.82) is 0 Å². The van der Waals surface area contributed by atoms with Crippen LogP contribution in [0, 0.1) is 0 Å². The van der Waals surface area contributed by atoms with E-state index in [1.165, 1.54) is 5.56 Å². The Kier molecular flexibility index (Phi) is 2.93. The number of rotatable bonds is 5. The van der Waals surface area contributed by atoms with Crippen molar-refractivity contribution in [3.63, 3.8) is 0 Å². The normalized spacial score (nSPS) is 23.9. The molecule has 0 radical (unpaired) electrons. The van der Waals surface area contributed by atoms with Crippen LogP contribution < -0.4 is 4.74 Å². The molecular formula is C12H16O3. The van der Waals surface area contributed by atoms with Crippen molar-refractivity contribution >= 4 is 0 Å². The molecule has 1 aromatic carbocycles. The molecule has 0 aliphatic carbocycles. The maximum atomic E-state index is 5.47. The lowest BCUT2D eigenvalue weighted by Gasteiger charge is -2.08. The minimum absolute atomic E-state index is 0.0505. The quantitative estimate of drug-likeness (QED) is 0.547. The van der Waals surface area contributed by atoms with Gasteiger partial charge in [0.1, 0.15) is 18.0 Å². The molecule has 0 amide bonds. The van der Waals surface area contributed by atoms with Gasteiger partial charge in [0.2, 0.25) is 0 Å². The molecular weight excluding hydrogens is 192 g/mol. The lowest BCUT2D eigenvalue weighted by molar-refractivity contribution is 0.146. The van der Waals surface area contributed by atoms with Crippen LogP contribution in [0.3, 0.4) is 0 Å². The summed E-state index contributed by atoms with van der Waals surface area (Å²) in [6, 6.07) is 8.04. The molecule has 2 rings (SSSR count). The summed E-state index contributed by atoms with van der Waals surface area (Å²) in [5, 5.41) is 0. The van der Waals surface area contributed by atoms with Crippen molar-refractivity contribution < 1.29 is 14.2 Å². The van der Waals surface area contributed by atoms with E-state index in [9.17, 15) is 0 Å². The molecule has 0 spiro atoms. The third kappa shape index (κ3) is 2.49. The Labute approximate surface area is 90.0 Å². The highest BCUT2D eigenvalue weighted by Crippen LogP contribution is 2.38.